The lowest BCUT2D eigenvalue weighted by Crippen LogP contribution is -2.24. The van der Waals surface area contributed by atoms with Crippen LogP contribution >= 0.6 is 12.2 Å². The highest BCUT2D eigenvalue weighted by molar-refractivity contribution is 7.71. The minimum atomic E-state index is 0.138. The normalized spacial score (nSPS) is 13.2. The van der Waals surface area contributed by atoms with Crippen LogP contribution in [-0.4, -0.2) is 4.98 Å². The third-order valence-electron chi connectivity index (χ3n) is 3.17. The maximum atomic E-state index is 5.40. The maximum absolute atomic E-state index is 5.40. The molecule has 0 aliphatic rings. The van der Waals surface area contributed by atoms with E-state index < -0.39 is 0 Å². The average Bonchev–Trinajstić information content (AvgIpc) is 2.52. The van der Waals surface area contributed by atoms with E-state index in [2.05, 4.69) is 51.7 Å². The molecule has 0 saturated heterocycles. The molecule has 0 amide bonds. The molecule has 0 atom stereocenters. The summed E-state index contributed by atoms with van der Waals surface area (Å²) < 4.78 is 5.40. The van der Waals surface area contributed by atoms with Crippen LogP contribution in [0.3, 0.4) is 0 Å². The molecule has 0 bridgehead atoms. The van der Waals surface area contributed by atoms with E-state index in [1.54, 1.807) is 0 Å². The second kappa shape index (κ2) is 4.23. The van der Waals surface area contributed by atoms with Gasteiger partial charge in [-0.2, -0.15) is 0 Å². The molecule has 1 N–H and O–H groups in total. The van der Waals surface area contributed by atoms with Gasteiger partial charge in [0.2, 0.25) is 0 Å². The summed E-state index contributed by atoms with van der Waals surface area (Å²) in [6, 6.07) is 6.29. The van der Waals surface area contributed by atoms with Crippen LogP contribution in [0.25, 0.3) is 11.1 Å². The minimum Gasteiger partial charge on any atom is -0.429 e. The van der Waals surface area contributed by atoms with Crippen LogP contribution in [0, 0.1) is 10.3 Å². The number of fused-ring (bicyclic) bond motifs is 1. The van der Waals surface area contributed by atoms with Crippen molar-refractivity contribution in [2.75, 3.05) is 0 Å². The summed E-state index contributed by atoms with van der Waals surface area (Å²) in [4.78, 5) is 3.52. The van der Waals surface area contributed by atoms with E-state index in [-0.39, 0.29) is 5.41 Å². The zero-order chi connectivity index (χ0) is 13.6. The molecule has 1 aromatic carbocycles. The molecule has 0 radical (unpaired) electrons. The first kappa shape index (κ1) is 13.3. The fraction of sp³-hybridized carbons (Fsp3) is 0.533. The molecule has 1 heterocycles. The summed E-state index contributed by atoms with van der Waals surface area (Å²) in [5, 5.41) is 0. The monoisotopic (exact) mass is 263 g/mol. The van der Waals surface area contributed by atoms with Crippen molar-refractivity contribution >= 4 is 23.3 Å². The van der Waals surface area contributed by atoms with Crippen LogP contribution < -0.4 is 0 Å². The lowest BCUT2D eigenvalue weighted by atomic mass is 9.72. The first-order valence-corrected chi connectivity index (χ1v) is 6.72. The van der Waals surface area contributed by atoms with E-state index in [0.717, 1.165) is 17.5 Å². The third kappa shape index (κ3) is 2.83. The highest BCUT2D eigenvalue weighted by Gasteiger charge is 2.27. The Kier molecular flexibility index (Phi) is 3.14. The molecule has 1 aromatic heterocycles. The number of aromatic amines is 1. The molecule has 0 aliphatic heterocycles. The number of hydrogen-bond acceptors (Lipinski definition) is 2. The van der Waals surface area contributed by atoms with Gasteiger partial charge in [0, 0.05) is 0 Å². The predicted octanol–water partition coefficient (Wildman–Crippen LogP) is 5.20. The van der Waals surface area contributed by atoms with Gasteiger partial charge in [-0.1, -0.05) is 40.7 Å². The van der Waals surface area contributed by atoms with Gasteiger partial charge in [-0.05, 0) is 47.2 Å². The van der Waals surface area contributed by atoms with E-state index in [1.807, 2.05) is 6.07 Å². The Morgan fingerprint density at radius 3 is 2.44 bits per heavy atom. The van der Waals surface area contributed by atoms with Crippen LogP contribution in [-0.2, 0) is 5.41 Å². The summed E-state index contributed by atoms with van der Waals surface area (Å²) in [5.74, 6) is 0. The van der Waals surface area contributed by atoms with E-state index in [9.17, 15) is 0 Å². The zero-order valence-electron chi connectivity index (χ0n) is 11.8. The Labute approximate surface area is 113 Å². The second-order valence-electron chi connectivity index (χ2n) is 6.85. The number of benzene rings is 1. The van der Waals surface area contributed by atoms with Crippen LogP contribution in [0.15, 0.2) is 22.6 Å². The van der Waals surface area contributed by atoms with Gasteiger partial charge in [0.05, 0.1) is 5.52 Å². The van der Waals surface area contributed by atoms with E-state index >= 15 is 0 Å². The number of aromatic nitrogens is 1. The van der Waals surface area contributed by atoms with Crippen molar-refractivity contribution in [2.45, 2.75) is 46.5 Å². The van der Waals surface area contributed by atoms with Gasteiger partial charge in [-0.3, -0.25) is 0 Å². The topological polar surface area (TPSA) is 28.9 Å². The van der Waals surface area contributed by atoms with Gasteiger partial charge < -0.3 is 9.40 Å². The SMILES string of the molecule is CC(C)(C)CC(C)(C)c1ccc2oc(=S)[nH]c2c1. The standard InChI is InChI=1S/C15H21NOS/c1-14(2,3)9-15(4,5)10-6-7-12-11(8-10)16-13(18)17-12/h6-8H,9H2,1-5H3,(H,16,18). The Morgan fingerprint density at radius 1 is 1.17 bits per heavy atom. The lowest BCUT2D eigenvalue weighted by molar-refractivity contribution is 0.284. The van der Waals surface area contributed by atoms with Gasteiger partial charge in [0.1, 0.15) is 0 Å². The molecule has 0 fully saturated rings. The van der Waals surface area contributed by atoms with Crippen LogP contribution in [0.5, 0.6) is 0 Å². The highest BCUT2D eigenvalue weighted by atomic mass is 32.1. The molecule has 98 valence electrons. The zero-order valence-corrected chi connectivity index (χ0v) is 12.6. The van der Waals surface area contributed by atoms with Crippen molar-refractivity contribution in [3.63, 3.8) is 0 Å². The smallest absolute Gasteiger partial charge is 0.266 e. The molecule has 2 rings (SSSR count). The number of nitrogens with one attached hydrogen (secondary N) is 1. The molecule has 0 aliphatic carbocycles. The molecule has 3 heteroatoms. The summed E-state index contributed by atoms with van der Waals surface area (Å²) >= 11 is 5.02. The van der Waals surface area contributed by atoms with Crippen LogP contribution in [0.1, 0.15) is 46.6 Å². The second-order valence-corrected chi connectivity index (χ2v) is 7.22. The van der Waals surface area contributed by atoms with Gasteiger partial charge in [-0.25, -0.2) is 0 Å². The van der Waals surface area contributed by atoms with Gasteiger partial charge in [0.25, 0.3) is 4.84 Å². The number of oxazole rings is 1. The summed E-state index contributed by atoms with van der Waals surface area (Å²) in [7, 11) is 0. The largest absolute Gasteiger partial charge is 0.429 e. The Hall–Kier alpha value is -1.09. The maximum Gasteiger partial charge on any atom is 0.266 e. The van der Waals surface area contributed by atoms with Crippen molar-refractivity contribution in [2.24, 2.45) is 5.41 Å². The van der Waals surface area contributed by atoms with Crippen molar-refractivity contribution in [1.82, 2.24) is 4.98 Å². The molecule has 0 unspecified atom stereocenters. The summed E-state index contributed by atoms with van der Waals surface area (Å²) in [5.41, 5.74) is 3.58. The van der Waals surface area contributed by atoms with Crippen molar-refractivity contribution in [3.05, 3.63) is 28.6 Å². The van der Waals surface area contributed by atoms with Gasteiger partial charge in [0.15, 0.2) is 5.58 Å². The first-order valence-electron chi connectivity index (χ1n) is 6.31. The molecule has 18 heavy (non-hydrogen) atoms. The van der Waals surface area contributed by atoms with Crippen LogP contribution in [0.4, 0.5) is 0 Å². The molecular weight excluding hydrogens is 242 g/mol. The predicted molar refractivity (Wildman–Crippen MR) is 78.5 cm³/mol. The quantitative estimate of drug-likeness (QED) is 0.754. The number of H-pyrrole nitrogens is 1. The van der Waals surface area contributed by atoms with Crippen molar-refractivity contribution in [3.8, 4) is 0 Å². The first-order chi connectivity index (χ1) is 8.17. The number of hydrogen-bond donors (Lipinski definition) is 1. The molecule has 2 nitrogen and oxygen atoms in total. The third-order valence-corrected chi connectivity index (χ3v) is 3.36. The van der Waals surface area contributed by atoms with Gasteiger partial charge >= 0.3 is 0 Å². The molecule has 0 saturated carbocycles. The van der Waals surface area contributed by atoms with E-state index in [4.69, 9.17) is 16.6 Å². The van der Waals surface area contributed by atoms with Gasteiger partial charge in [-0.15, -0.1) is 0 Å². The Morgan fingerprint density at radius 2 is 1.83 bits per heavy atom. The van der Waals surface area contributed by atoms with Crippen molar-refractivity contribution in [1.29, 1.82) is 0 Å². The van der Waals surface area contributed by atoms with E-state index in [1.165, 1.54) is 5.56 Å². The fourth-order valence-corrected chi connectivity index (χ4v) is 3.00. The molecule has 2 aromatic rings. The van der Waals surface area contributed by atoms with Crippen molar-refractivity contribution < 1.29 is 4.42 Å². The molecular formula is C15H21NOS. The minimum absolute atomic E-state index is 0.138. The fourth-order valence-electron chi connectivity index (χ4n) is 2.80. The summed E-state index contributed by atoms with van der Waals surface area (Å²) in [6.45, 7) is 11.4. The highest BCUT2D eigenvalue weighted by Crippen LogP contribution is 2.37. The van der Waals surface area contributed by atoms with Crippen LogP contribution in [0.2, 0.25) is 0 Å². The van der Waals surface area contributed by atoms with E-state index in [0.29, 0.717) is 10.3 Å². The lowest BCUT2D eigenvalue weighted by Gasteiger charge is -2.32. The number of rotatable bonds is 2. The Bertz CT molecular complexity index is 613. The Balaban J connectivity index is 2.43. The molecule has 0 spiro atoms. The summed E-state index contributed by atoms with van der Waals surface area (Å²) in [6.07, 6.45) is 1.13. The average molecular weight is 263 g/mol.